The topological polar surface area (TPSA) is 54.5 Å². The molecule has 3 rings (SSSR count). The Morgan fingerprint density at radius 2 is 1.89 bits per heavy atom. The van der Waals surface area contributed by atoms with Crippen LogP contribution in [0.5, 0.6) is 0 Å². The Hall–Kier alpha value is -2.66. The molecule has 0 saturated carbocycles. The van der Waals surface area contributed by atoms with E-state index in [4.69, 9.17) is 4.74 Å². The molecule has 5 nitrogen and oxygen atoms in total. The van der Waals surface area contributed by atoms with Gasteiger partial charge in [0.25, 0.3) is 0 Å². The molecule has 0 bridgehead atoms. The highest BCUT2D eigenvalue weighted by atomic mass is 16.5. The lowest BCUT2D eigenvalue weighted by atomic mass is 10.1. The summed E-state index contributed by atoms with van der Waals surface area (Å²) in [4.78, 5) is 19.0. The van der Waals surface area contributed by atoms with Crippen molar-refractivity contribution in [3.8, 4) is 0 Å². The number of benzene rings is 1. The highest BCUT2D eigenvalue weighted by Crippen LogP contribution is 2.18. The van der Waals surface area contributed by atoms with E-state index < -0.39 is 0 Å². The summed E-state index contributed by atoms with van der Waals surface area (Å²) in [5, 5.41) is 2.92. The molecule has 1 amide bonds. The van der Waals surface area contributed by atoms with E-state index in [9.17, 15) is 4.79 Å². The third kappa shape index (κ3) is 5.41. The lowest BCUT2D eigenvalue weighted by Gasteiger charge is -2.36. The minimum absolute atomic E-state index is 0.101. The summed E-state index contributed by atoms with van der Waals surface area (Å²) < 4.78 is 5.77. The van der Waals surface area contributed by atoms with E-state index in [-0.39, 0.29) is 18.1 Å². The maximum absolute atomic E-state index is 12.2. The first kappa shape index (κ1) is 19.1. The monoisotopic (exact) mass is 365 g/mol. The number of hydrogen-bond acceptors (Lipinski definition) is 4. The van der Waals surface area contributed by atoms with Crippen molar-refractivity contribution < 1.29 is 9.53 Å². The molecule has 2 heterocycles. The Balaban J connectivity index is 1.55. The molecule has 1 aromatic carbocycles. The number of aromatic nitrogens is 1. The van der Waals surface area contributed by atoms with Crippen molar-refractivity contribution in [3.63, 3.8) is 0 Å². The van der Waals surface area contributed by atoms with E-state index in [1.54, 1.807) is 6.08 Å². The summed E-state index contributed by atoms with van der Waals surface area (Å²) in [6.07, 6.45) is 3.87. The number of ether oxygens (including phenoxy) is 1. The average molecular weight is 365 g/mol. The highest BCUT2D eigenvalue weighted by Gasteiger charge is 2.22. The highest BCUT2D eigenvalue weighted by molar-refractivity contribution is 5.94. The number of hydrogen-bond donors (Lipinski definition) is 1. The number of carbonyl (C=O) groups is 1. The van der Waals surface area contributed by atoms with Crippen LogP contribution < -0.4 is 10.2 Å². The van der Waals surface area contributed by atoms with Gasteiger partial charge in [-0.25, -0.2) is 4.98 Å². The first-order valence-electron chi connectivity index (χ1n) is 9.38. The fourth-order valence-corrected chi connectivity index (χ4v) is 3.29. The molecule has 2 aromatic rings. The van der Waals surface area contributed by atoms with Gasteiger partial charge < -0.3 is 15.0 Å². The Labute approximate surface area is 161 Å². The molecular formula is C22H27N3O2. The van der Waals surface area contributed by atoms with Gasteiger partial charge in [-0.05, 0) is 43.5 Å². The number of nitrogens with zero attached hydrogens (tertiary/aromatic N) is 2. The van der Waals surface area contributed by atoms with Gasteiger partial charge in [0, 0.05) is 31.9 Å². The van der Waals surface area contributed by atoms with Crippen LogP contribution in [0, 0.1) is 0 Å². The van der Waals surface area contributed by atoms with Gasteiger partial charge in [-0.15, -0.1) is 0 Å². The second-order valence-electron chi connectivity index (χ2n) is 7.10. The third-order valence-electron chi connectivity index (χ3n) is 4.60. The number of anilines is 1. The summed E-state index contributed by atoms with van der Waals surface area (Å²) in [5.41, 5.74) is 2.97. The quantitative estimate of drug-likeness (QED) is 0.825. The molecule has 2 unspecified atom stereocenters. The SMILES string of the molecule is CC(=CC(=O)NCc1ccc(N2CC(C)OC(C)C2)nc1)c1ccccc1. The zero-order valence-corrected chi connectivity index (χ0v) is 16.2. The van der Waals surface area contributed by atoms with Crippen molar-refractivity contribution in [1.29, 1.82) is 0 Å². The second-order valence-corrected chi connectivity index (χ2v) is 7.10. The summed E-state index contributed by atoms with van der Waals surface area (Å²) in [6, 6.07) is 13.9. The Morgan fingerprint density at radius 1 is 1.19 bits per heavy atom. The molecule has 1 aliphatic heterocycles. The second kappa shape index (κ2) is 8.82. The van der Waals surface area contributed by atoms with Crippen LogP contribution in [0.4, 0.5) is 5.82 Å². The lowest BCUT2D eigenvalue weighted by Crippen LogP contribution is -2.45. The van der Waals surface area contributed by atoms with Crippen LogP contribution in [0.15, 0.2) is 54.7 Å². The number of allylic oxidation sites excluding steroid dienone is 1. The normalized spacial score (nSPS) is 20.4. The number of nitrogens with one attached hydrogen (secondary N) is 1. The van der Waals surface area contributed by atoms with Crippen LogP contribution in [-0.2, 0) is 16.1 Å². The Bertz CT molecular complexity index is 777. The van der Waals surface area contributed by atoms with Crippen LogP contribution in [0.25, 0.3) is 5.57 Å². The van der Waals surface area contributed by atoms with Gasteiger partial charge in [-0.2, -0.15) is 0 Å². The van der Waals surface area contributed by atoms with Crippen LogP contribution in [0.3, 0.4) is 0 Å². The molecule has 142 valence electrons. The van der Waals surface area contributed by atoms with Crippen LogP contribution in [0.2, 0.25) is 0 Å². The van der Waals surface area contributed by atoms with Crippen molar-refractivity contribution in [2.75, 3.05) is 18.0 Å². The zero-order valence-electron chi connectivity index (χ0n) is 16.2. The molecule has 0 spiro atoms. The Kier molecular flexibility index (Phi) is 6.24. The predicted molar refractivity (Wildman–Crippen MR) is 108 cm³/mol. The first-order chi connectivity index (χ1) is 13.0. The number of morpholine rings is 1. The number of pyridine rings is 1. The van der Waals surface area contributed by atoms with Gasteiger partial charge in [-0.3, -0.25) is 4.79 Å². The van der Waals surface area contributed by atoms with Crippen LogP contribution in [0.1, 0.15) is 31.9 Å². The molecular weight excluding hydrogens is 338 g/mol. The smallest absolute Gasteiger partial charge is 0.244 e. The van der Waals surface area contributed by atoms with Crippen molar-refractivity contribution in [2.45, 2.75) is 39.5 Å². The van der Waals surface area contributed by atoms with Gasteiger partial charge in [-0.1, -0.05) is 36.4 Å². The van der Waals surface area contributed by atoms with Crippen molar-refractivity contribution in [1.82, 2.24) is 10.3 Å². The van der Waals surface area contributed by atoms with E-state index in [2.05, 4.69) is 29.0 Å². The van der Waals surface area contributed by atoms with E-state index in [1.165, 1.54) is 0 Å². The van der Waals surface area contributed by atoms with Crippen LogP contribution >= 0.6 is 0 Å². The summed E-state index contributed by atoms with van der Waals surface area (Å²) in [5.74, 6) is 0.850. The van der Waals surface area contributed by atoms with E-state index in [0.29, 0.717) is 6.54 Å². The zero-order chi connectivity index (χ0) is 19.2. The van der Waals surface area contributed by atoms with Gasteiger partial charge in [0.05, 0.1) is 12.2 Å². The molecule has 27 heavy (non-hydrogen) atoms. The van der Waals surface area contributed by atoms with Crippen LogP contribution in [-0.4, -0.2) is 36.2 Å². The fraction of sp³-hybridized carbons (Fsp3) is 0.364. The summed E-state index contributed by atoms with van der Waals surface area (Å²) in [7, 11) is 0. The molecule has 0 aliphatic carbocycles. The summed E-state index contributed by atoms with van der Waals surface area (Å²) >= 11 is 0. The van der Waals surface area contributed by atoms with Gasteiger partial charge in [0.2, 0.25) is 5.91 Å². The van der Waals surface area contributed by atoms with Gasteiger partial charge in [0.15, 0.2) is 0 Å². The molecule has 0 radical (unpaired) electrons. The largest absolute Gasteiger partial charge is 0.372 e. The third-order valence-corrected chi connectivity index (χ3v) is 4.60. The number of amides is 1. The molecule has 1 fully saturated rings. The molecule has 2 atom stereocenters. The van der Waals surface area contributed by atoms with Gasteiger partial charge >= 0.3 is 0 Å². The minimum atomic E-state index is -0.101. The Morgan fingerprint density at radius 3 is 2.52 bits per heavy atom. The fourth-order valence-electron chi connectivity index (χ4n) is 3.29. The average Bonchev–Trinajstić information content (AvgIpc) is 2.66. The lowest BCUT2D eigenvalue weighted by molar-refractivity contribution is -0.116. The molecule has 1 aliphatic rings. The van der Waals surface area contributed by atoms with Crippen molar-refractivity contribution in [3.05, 3.63) is 65.9 Å². The predicted octanol–water partition coefficient (Wildman–Crippen LogP) is 3.41. The van der Waals surface area contributed by atoms with Gasteiger partial charge in [0.1, 0.15) is 5.82 Å². The van der Waals surface area contributed by atoms with E-state index in [0.717, 1.165) is 35.6 Å². The molecule has 1 aromatic heterocycles. The summed E-state index contributed by atoms with van der Waals surface area (Å²) in [6.45, 7) is 8.25. The molecule has 1 N–H and O–H groups in total. The standard InChI is InChI=1S/C22H27N3O2/c1-16(20-7-5-4-6-8-20)11-22(26)24-13-19-9-10-21(23-12-19)25-14-17(2)27-18(3)15-25/h4-12,17-18H,13-15H2,1-3H3,(H,24,26). The van der Waals surface area contributed by atoms with Crippen molar-refractivity contribution >= 4 is 17.3 Å². The maximum atomic E-state index is 12.2. The minimum Gasteiger partial charge on any atom is -0.372 e. The molecule has 1 saturated heterocycles. The number of rotatable bonds is 5. The van der Waals surface area contributed by atoms with Crippen molar-refractivity contribution in [2.24, 2.45) is 0 Å². The maximum Gasteiger partial charge on any atom is 0.244 e. The number of carbonyl (C=O) groups excluding carboxylic acids is 1. The molecule has 5 heteroatoms. The first-order valence-corrected chi connectivity index (χ1v) is 9.38. The van der Waals surface area contributed by atoms with E-state index >= 15 is 0 Å². The van der Waals surface area contributed by atoms with E-state index in [1.807, 2.05) is 55.6 Å².